The maximum atomic E-state index is 14.4. The molecule has 0 bridgehead atoms. The molecule has 0 saturated carbocycles. The zero-order chi connectivity index (χ0) is 30.8. The highest BCUT2D eigenvalue weighted by Crippen LogP contribution is 2.29. The monoisotopic (exact) mass is 560 g/mol. The fraction of sp³-hybridized carbons (Fsp3) is 0.677. The number of aryl methyl sites for hydroxylation is 1. The van der Waals surface area contributed by atoms with E-state index in [2.05, 4.69) is 24.5 Å². The third-order valence-electron chi connectivity index (χ3n) is 6.29. The van der Waals surface area contributed by atoms with Crippen molar-refractivity contribution in [2.24, 2.45) is 11.7 Å². The Kier molecular flexibility index (Phi) is 13.1. The molecule has 1 aromatic carbocycles. The van der Waals surface area contributed by atoms with Crippen LogP contribution in [0.3, 0.4) is 0 Å². The molecule has 0 aliphatic rings. The second-order valence-corrected chi connectivity index (χ2v) is 13.0. The summed E-state index contributed by atoms with van der Waals surface area (Å²) in [6.45, 7) is 19.0. The molecule has 0 aromatic heterocycles. The molecule has 9 heteroatoms. The Hall–Kier alpha value is -3.10. The quantitative estimate of drug-likeness (QED) is 0.312. The van der Waals surface area contributed by atoms with Crippen LogP contribution >= 0.6 is 0 Å². The summed E-state index contributed by atoms with van der Waals surface area (Å²) in [6, 6.07) is 5.23. The minimum absolute atomic E-state index is 0.0246. The fourth-order valence-electron chi connectivity index (χ4n) is 4.30. The number of carbonyl (C=O) groups excluding carboxylic acids is 4. The van der Waals surface area contributed by atoms with E-state index in [0.29, 0.717) is 17.9 Å². The first kappa shape index (κ1) is 34.9. The number of amides is 4. The zero-order valence-electron chi connectivity index (χ0n) is 26.2. The summed E-state index contributed by atoms with van der Waals surface area (Å²) in [5.41, 5.74) is 5.85. The van der Waals surface area contributed by atoms with Crippen molar-refractivity contribution in [1.82, 2.24) is 15.5 Å². The lowest BCUT2D eigenvalue weighted by Gasteiger charge is -2.40. The van der Waals surface area contributed by atoms with E-state index in [9.17, 15) is 19.2 Å². The SMILES string of the molecule is CCc1ccc(C(C(=O)NC(C)(C)C)N(C(=O)C(CCC(N)=O)NC(=O)OC(C)(C)C)C(C)CCC(C)C)cc1. The van der Waals surface area contributed by atoms with E-state index in [0.717, 1.165) is 18.4 Å². The molecule has 40 heavy (non-hydrogen) atoms. The van der Waals surface area contributed by atoms with Gasteiger partial charge in [0.05, 0.1) is 0 Å². The Balaban J connectivity index is 3.69. The van der Waals surface area contributed by atoms with Crippen molar-refractivity contribution in [3.05, 3.63) is 35.4 Å². The smallest absolute Gasteiger partial charge is 0.408 e. The maximum absolute atomic E-state index is 14.4. The third kappa shape index (κ3) is 12.4. The van der Waals surface area contributed by atoms with E-state index in [1.165, 1.54) is 0 Å². The van der Waals surface area contributed by atoms with Crippen molar-refractivity contribution in [1.29, 1.82) is 0 Å². The van der Waals surface area contributed by atoms with Gasteiger partial charge in [-0.2, -0.15) is 0 Å². The van der Waals surface area contributed by atoms with Gasteiger partial charge in [-0.05, 0) is 91.2 Å². The van der Waals surface area contributed by atoms with Gasteiger partial charge in [-0.1, -0.05) is 45.0 Å². The standard InChI is InChI=1S/C31H52N4O5/c1-11-22-14-16-23(17-15-22)26(27(37)34-30(5,6)7)35(21(4)13-12-20(2)3)28(38)24(18-19-25(32)36)33-29(39)40-31(8,9)10/h14-17,20-21,24,26H,11-13,18-19H2,1-10H3,(H2,32,36)(H,33,39)(H,34,37). The molecule has 9 nitrogen and oxygen atoms in total. The number of nitrogens with one attached hydrogen (secondary N) is 2. The number of rotatable bonds is 13. The normalized spacial score (nSPS) is 14.2. The third-order valence-corrected chi connectivity index (χ3v) is 6.29. The Morgan fingerprint density at radius 3 is 1.95 bits per heavy atom. The van der Waals surface area contributed by atoms with Gasteiger partial charge in [0.1, 0.15) is 17.7 Å². The van der Waals surface area contributed by atoms with Gasteiger partial charge >= 0.3 is 6.09 Å². The van der Waals surface area contributed by atoms with Crippen LogP contribution in [0.2, 0.25) is 0 Å². The average molecular weight is 561 g/mol. The molecule has 0 aliphatic heterocycles. The molecule has 0 aliphatic carbocycles. The Labute approximate surface area is 241 Å². The van der Waals surface area contributed by atoms with E-state index in [1.807, 2.05) is 58.9 Å². The maximum Gasteiger partial charge on any atom is 0.408 e. The van der Waals surface area contributed by atoms with Crippen molar-refractivity contribution in [2.45, 2.75) is 131 Å². The second kappa shape index (κ2) is 15.1. The fourth-order valence-corrected chi connectivity index (χ4v) is 4.30. The van der Waals surface area contributed by atoms with Crippen molar-refractivity contribution in [3.63, 3.8) is 0 Å². The van der Waals surface area contributed by atoms with Gasteiger partial charge < -0.3 is 26.0 Å². The number of nitrogens with two attached hydrogens (primary N) is 1. The summed E-state index contributed by atoms with van der Waals surface area (Å²) in [7, 11) is 0. The molecule has 3 atom stereocenters. The number of carbonyl (C=O) groups is 4. The lowest BCUT2D eigenvalue weighted by molar-refractivity contribution is -0.146. The van der Waals surface area contributed by atoms with E-state index in [4.69, 9.17) is 10.5 Å². The van der Waals surface area contributed by atoms with Crippen LogP contribution in [0, 0.1) is 5.92 Å². The molecule has 1 aromatic rings. The molecule has 0 radical (unpaired) electrons. The molecule has 1 rings (SSSR count). The van der Waals surface area contributed by atoms with Crippen LogP contribution in [-0.4, -0.2) is 51.9 Å². The first-order valence-corrected chi connectivity index (χ1v) is 14.4. The molecule has 226 valence electrons. The van der Waals surface area contributed by atoms with Crippen molar-refractivity contribution < 1.29 is 23.9 Å². The number of alkyl carbamates (subject to hydrolysis) is 1. The van der Waals surface area contributed by atoms with Crippen molar-refractivity contribution >= 4 is 23.8 Å². The van der Waals surface area contributed by atoms with E-state index >= 15 is 0 Å². The zero-order valence-corrected chi connectivity index (χ0v) is 26.2. The van der Waals surface area contributed by atoms with Gasteiger partial charge in [-0.25, -0.2) is 4.79 Å². The lowest BCUT2D eigenvalue weighted by atomic mass is 9.95. The van der Waals surface area contributed by atoms with Crippen LogP contribution in [0.5, 0.6) is 0 Å². The molecule has 0 spiro atoms. The summed E-state index contributed by atoms with van der Waals surface area (Å²) in [6.07, 6.45) is 1.38. The van der Waals surface area contributed by atoms with Gasteiger partial charge in [-0.3, -0.25) is 14.4 Å². The van der Waals surface area contributed by atoms with Gasteiger partial charge in [0, 0.05) is 18.0 Å². The van der Waals surface area contributed by atoms with Gasteiger partial charge in [-0.15, -0.1) is 0 Å². The molecule has 0 fully saturated rings. The molecular weight excluding hydrogens is 508 g/mol. The van der Waals surface area contributed by atoms with Crippen LogP contribution in [0.25, 0.3) is 0 Å². The number of primary amides is 1. The van der Waals surface area contributed by atoms with E-state index in [1.54, 1.807) is 25.7 Å². The highest BCUT2D eigenvalue weighted by atomic mass is 16.6. The first-order valence-electron chi connectivity index (χ1n) is 14.4. The Morgan fingerprint density at radius 1 is 0.925 bits per heavy atom. The largest absolute Gasteiger partial charge is 0.444 e. The average Bonchev–Trinajstić information content (AvgIpc) is 2.80. The molecule has 0 heterocycles. The Bertz CT molecular complexity index is 992. The number of hydrogen-bond acceptors (Lipinski definition) is 5. The van der Waals surface area contributed by atoms with E-state index in [-0.39, 0.29) is 24.8 Å². The van der Waals surface area contributed by atoms with Gasteiger partial charge in [0.15, 0.2) is 0 Å². The minimum Gasteiger partial charge on any atom is -0.444 e. The predicted molar refractivity (Wildman–Crippen MR) is 158 cm³/mol. The highest BCUT2D eigenvalue weighted by molar-refractivity contribution is 5.93. The van der Waals surface area contributed by atoms with Crippen LogP contribution in [-0.2, 0) is 25.5 Å². The first-order chi connectivity index (χ1) is 18.3. The molecule has 4 N–H and O–H groups in total. The van der Waals surface area contributed by atoms with E-state index < -0.39 is 41.1 Å². The number of nitrogens with zero attached hydrogens (tertiary/aromatic N) is 1. The minimum atomic E-state index is -1.12. The molecular formula is C31H52N4O5. The van der Waals surface area contributed by atoms with Crippen LogP contribution in [0.15, 0.2) is 24.3 Å². The summed E-state index contributed by atoms with van der Waals surface area (Å²) < 4.78 is 5.41. The van der Waals surface area contributed by atoms with Gasteiger partial charge in [0.2, 0.25) is 17.7 Å². The van der Waals surface area contributed by atoms with Crippen molar-refractivity contribution in [3.8, 4) is 0 Å². The number of hydrogen-bond donors (Lipinski definition) is 3. The summed E-state index contributed by atoms with van der Waals surface area (Å²) >= 11 is 0. The second-order valence-electron chi connectivity index (χ2n) is 13.0. The molecule has 3 unspecified atom stereocenters. The summed E-state index contributed by atoms with van der Waals surface area (Å²) in [4.78, 5) is 54.3. The summed E-state index contributed by atoms with van der Waals surface area (Å²) in [5, 5.41) is 5.69. The molecule has 4 amide bonds. The Morgan fingerprint density at radius 2 is 1.50 bits per heavy atom. The molecule has 0 saturated heterocycles. The van der Waals surface area contributed by atoms with Crippen LogP contribution in [0.4, 0.5) is 4.79 Å². The van der Waals surface area contributed by atoms with Crippen molar-refractivity contribution in [2.75, 3.05) is 0 Å². The topological polar surface area (TPSA) is 131 Å². The van der Waals surface area contributed by atoms with Gasteiger partial charge in [0.25, 0.3) is 0 Å². The van der Waals surface area contributed by atoms with Crippen LogP contribution < -0.4 is 16.4 Å². The highest BCUT2D eigenvalue weighted by Gasteiger charge is 2.39. The predicted octanol–water partition coefficient (Wildman–Crippen LogP) is 5.02. The lowest BCUT2D eigenvalue weighted by Crippen LogP contribution is -2.57. The number of ether oxygens (including phenoxy) is 1. The number of benzene rings is 1. The summed E-state index contributed by atoms with van der Waals surface area (Å²) in [5.74, 6) is -1.01. The van der Waals surface area contributed by atoms with Crippen LogP contribution in [0.1, 0.15) is 112 Å².